The first-order chi connectivity index (χ1) is 11.3. The molecule has 0 fully saturated rings. The van der Waals surface area contributed by atoms with Gasteiger partial charge in [0.1, 0.15) is 5.01 Å². The van der Waals surface area contributed by atoms with Crippen molar-refractivity contribution in [2.45, 2.75) is 39.7 Å². The quantitative estimate of drug-likeness (QED) is 0.769. The zero-order valence-electron chi connectivity index (χ0n) is 14.3. The van der Waals surface area contributed by atoms with Gasteiger partial charge in [-0.05, 0) is 38.5 Å². The van der Waals surface area contributed by atoms with Crippen molar-refractivity contribution in [1.29, 1.82) is 0 Å². The fourth-order valence-electron chi connectivity index (χ4n) is 2.11. The highest BCUT2D eigenvalue weighted by Gasteiger charge is 2.25. The molecule has 1 aromatic heterocycles. The maximum Gasteiger partial charge on any atom is 0.320 e. The van der Waals surface area contributed by atoms with Gasteiger partial charge in [0.2, 0.25) is 5.91 Å². The molecule has 0 unspecified atom stereocenters. The normalized spacial score (nSPS) is 11.0. The summed E-state index contributed by atoms with van der Waals surface area (Å²) in [5.74, 6) is -0.0702. The summed E-state index contributed by atoms with van der Waals surface area (Å²) in [4.78, 5) is 28.1. The number of anilines is 2. The molecule has 0 saturated heterocycles. The van der Waals surface area contributed by atoms with Crippen LogP contribution < -0.4 is 16.0 Å². The number of rotatable bonds is 5. The van der Waals surface area contributed by atoms with E-state index in [-0.39, 0.29) is 11.9 Å². The van der Waals surface area contributed by atoms with Crippen LogP contribution in [0.15, 0.2) is 29.8 Å². The zero-order valence-corrected chi connectivity index (χ0v) is 15.1. The van der Waals surface area contributed by atoms with Crippen molar-refractivity contribution in [2.24, 2.45) is 0 Å². The van der Waals surface area contributed by atoms with Crippen LogP contribution in [-0.4, -0.2) is 16.9 Å². The number of thiazole rings is 1. The molecule has 0 saturated carbocycles. The molecule has 0 aliphatic carbocycles. The van der Waals surface area contributed by atoms with E-state index in [2.05, 4.69) is 20.9 Å². The third-order valence-corrected chi connectivity index (χ3v) is 4.58. The van der Waals surface area contributed by atoms with Gasteiger partial charge in [0.15, 0.2) is 0 Å². The molecule has 1 aromatic carbocycles. The molecule has 0 atom stereocenters. The fourth-order valence-corrected chi connectivity index (χ4v) is 2.82. The second-order valence-corrected chi connectivity index (χ2v) is 6.87. The molecular weight excluding hydrogens is 324 g/mol. The van der Waals surface area contributed by atoms with Crippen molar-refractivity contribution >= 4 is 34.6 Å². The molecule has 3 N–H and O–H groups in total. The number of nitrogens with zero attached hydrogens (tertiary/aromatic N) is 1. The standard InChI is InChI=1S/C17H22N4O2S/c1-5-14(22)19-12-7-6-11(2)13(10-12)20-16(23)21-17(3,4)15-18-8-9-24-15/h6-10H,5H2,1-4H3,(H,19,22)(H2,20,21,23). The van der Waals surface area contributed by atoms with Crippen molar-refractivity contribution < 1.29 is 9.59 Å². The number of nitrogens with one attached hydrogen (secondary N) is 3. The monoisotopic (exact) mass is 346 g/mol. The van der Waals surface area contributed by atoms with E-state index in [1.54, 1.807) is 19.2 Å². The minimum Gasteiger partial charge on any atom is -0.326 e. The minimum atomic E-state index is -0.569. The predicted octanol–water partition coefficient (Wildman–Crippen LogP) is 3.86. The van der Waals surface area contributed by atoms with Gasteiger partial charge < -0.3 is 16.0 Å². The first-order valence-corrected chi connectivity index (χ1v) is 8.59. The van der Waals surface area contributed by atoms with Gasteiger partial charge in [-0.15, -0.1) is 11.3 Å². The third-order valence-electron chi connectivity index (χ3n) is 3.48. The van der Waals surface area contributed by atoms with Crippen molar-refractivity contribution in [1.82, 2.24) is 10.3 Å². The molecule has 0 aliphatic heterocycles. The van der Waals surface area contributed by atoms with Crippen LogP contribution in [0.5, 0.6) is 0 Å². The predicted molar refractivity (Wildman–Crippen MR) is 97.4 cm³/mol. The molecule has 1 heterocycles. The number of aromatic nitrogens is 1. The van der Waals surface area contributed by atoms with Crippen LogP contribution in [0.3, 0.4) is 0 Å². The summed E-state index contributed by atoms with van der Waals surface area (Å²) in [5.41, 5.74) is 1.64. The second kappa shape index (κ2) is 7.44. The summed E-state index contributed by atoms with van der Waals surface area (Å²) in [6, 6.07) is 5.09. The topological polar surface area (TPSA) is 83.1 Å². The van der Waals surface area contributed by atoms with E-state index in [9.17, 15) is 9.59 Å². The van der Waals surface area contributed by atoms with E-state index in [4.69, 9.17) is 0 Å². The van der Waals surface area contributed by atoms with Crippen LogP contribution in [0.25, 0.3) is 0 Å². The van der Waals surface area contributed by atoms with Gasteiger partial charge in [-0.3, -0.25) is 4.79 Å². The Morgan fingerprint density at radius 2 is 2.00 bits per heavy atom. The Labute approximate surface area is 145 Å². The molecule has 2 rings (SSSR count). The van der Waals surface area contributed by atoms with Gasteiger partial charge >= 0.3 is 6.03 Å². The highest BCUT2D eigenvalue weighted by molar-refractivity contribution is 7.09. The van der Waals surface area contributed by atoms with Crippen LogP contribution in [0.2, 0.25) is 0 Å². The third kappa shape index (κ3) is 4.55. The Bertz CT molecular complexity index is 726. The van der Waals surface area contributed by atoms with Crippen molar-refractivity contribution in [3.05, 3.63) is 40.3 Å². The molecule has 6 nitrogen and oxygen atoms in total. The second-order valence-electron chi connectivity index (χ2n) is 5.97. The number of hydrogen-bond acceptors (Lipinski definition) is 4. The first kappa shape index (κ1) is 17.9. The number of benzene rings is 1. The van der Waals surface area contributed by atoms with E-state index in [1.807, 2.05) is 38.3 Å². The largest absolute Gasteiger partial charge is 0.326 e. The summed E-state index contributed by atoms with van der Waals surface area (Å²) < 4.78 is 0. The number of amides is 3. The first-order valence-electron chi connectivity index (χ1n) is 7.71. The van der Waals surface area contributed by atoms with Gasteiger partial charge in [-0.1, -0.05) is 13.0 Å². The summed E-state index contributed by atoms with van der Waals surface area (Å²) in [6.07, 6.45) is 2.12. The Balaban J connectivity index is 2.08. The number of hydrogen-bond donors (Lipinski definition) is 3. The number of carbonyl (C=O) groups is 2. The van der Waals surface area contributed by atoms with Gasteiger partial charge in [-0.25, -0.2) is 9.78 Å². The molecule has 0 radical (unpaired) electrons. The highest BCUT2D eigenvalue weighted by atomic mass is 32.1. The fraction of sp³-hybridized carbons (Fsp3) is 0.353. The molecule has 3 amide bonds. The SMILES string of the molecule is CCC(=O)Nc1ccc(C)c(NC(=O)NC(C)(C)c2nccs2)c1. The lowest BCUT2D eigenvalue weighted by molar-refractivity contribution is -0.115. The van der Waals surface area contributed by atoms with Crippen LogP contribution in [-0.2, 0) is 10.3 Å². The van der Waals surface area contributed by atoms with Gasteiger partial charge in [-0.2, -0.15) is 0 Å². The molecule has 2 aromatic rings. The van der Waals surface area contributed by atoms with Crippen molar-refractivity contribution in [3.63, 3.8) is 0 Å². The highest BCUT2D eigenvalue weighted by Crippen LogP contribution is 2.23. The number of urea groups is 1. The van der Waals surface area contributed by atoms with E-state index in [1.165, 1.54) is 11.3 Å². The Morgan fingerprint density at radius 1 is 1.25 bits per heavy atom. The lowest BCUT2D eigenvalue weighted by atomic mass is 10.1. The average Bonchev–Trinajstić information content (AvgIpc) is 3.05. The van der Waals surface area contributed by atoms with E-state index >= 15 is 0 Å². The molecule has 7 heteroatoms. The summed E-state index contributed by atoms with van der Waals surface area (Å²) in [7, 11) is 0. The lowest BCUT2D eigenvalue weighted by Crippen LogP contribution is -2.43. The molecule has 0 bridgehead atoms. The van der Waals surface area contributed by atoms with Gasteiger partial charge in [0.25, 0.3) is 0 Å². The van der Waals surface area contributed by atoms with Crippen molar-refractivity contribution in [2.75, 3.05) is 10.6 Å². The van der Waals surface area contributed by atoms with Crippen LogP contribution in [0.4, 0.5) is 16.2 Å². The summed E-state index contributed by atoms with van der Waals surface area (Å²) in [5, 5.41) is 11.2. The zero-order chi connectivity index (χ0) is 17.7. The molecule has 128 valence electrons. The van der Waals surface area contributed by atoms with E-state index in [0.29, 0.717) is 17.8 Å². The smallest absolute Gasteiger partial charge is 0.320 e. The molecule has 0 spiro atoms. The lowest BCUT2D eigenvalue weighted by Gasteiger charge is -2.24. The Kier molecular flexibility index (Phi) is 5.56. The Morgan fingerprint density at radius 3 is 2.62 bits per heavy atom. The van der Waals surface area contributed by atoms with Gasteiger partial charge in [0.05, 0.1) is 5.54 Å². The molecular formula is C17H22N4O2S. The molecule has 24 heavy (non-hydrogen) atoms. The van der Waals surface area contributed by atoms with Crippen molar-refractivity contribution in [3.8, 4) is 0 Å². The van der Waals surface area contributed by atoms with Crippen LogP contribution >= 0.6 is 11.3 Å². The van der Waals surface area contributed by atoms with Crippen LogP contribution in [0, 0.1) is 6.92 Å². The van der Waals surface area contributed by atoms with Crippen LogP contribution in [0.1, 0.15) is 37.8 Å². The number of carbonyl (C=O) groups excluding carboxylic acids is 2. The average molecular weight is 346 g/mol. The maximum absolute atomic E-state index is 12.3. The van der Waals surface area contributed by atoms with Gasteiger partial charge in [0, 0.05) is 29.4 Å². The maximum atomic E-state index is 12.3. The minimum absolute atomic E-state index is 0.0702. The van der Waals surface area contributed by atoms with E-state index < -0.39 is 5.54 Å². The summed E-state index contributed by atoms with van der Waals surface area (Å²) in [6.45, 7) is 7.48. The summed E-state index contributed by atoms with van der Waals surface area (Å²) >= 11 is 1.49. The van der Waals surface area contributed by atoms with E-state index in [0.717, 1.165) is 10.6 Å². The Hall–Kier alpha value is -2.41. The number of aryl methyl sites for hydroxylation is 1. The molecule has 0 aliphatic rings.